The Bertz CT molecular complexity index is 410. The molecule has 0 aliphatic carbocycles. The van der Waals surface area contributed by atoms with Gasteiger partial charge in [-0.3, -0.25) is 0 Å². The zero-order valence-corrected chi connectivity index (χ0v) is 29.5. The molecule has 0 atom stereocenters. The van der Waals surface area contributed by atoms with Gasteiger partial charge in [0.25, 0.3) is 0 Å². The van der Waals surface area contributed by atoms with E-state index in [1.54, 1.807) is 18.5 Å². The molecule has 0 aliphatic rings. The van der Waals surface area contributed by atoms with Crippen molar-refractivity contribution < 1.29 is 0 Å². The molecule has 0 nitrogen and oxygen atoms in total. The molecule has 0 heterocycles. The van der Waals surface area contributed by atoms with E-state index < -0.39 is 7.26 Å². The molecule has 0 radical (unpaired) electrons. The summed E-state index contributed by atoms with van der Waals surface area (Å²) in [7, 11) is -0.702. The van der Waals surface area contributed by atoms with Crippen LogP contribution in [0.25, 0.3) is 0 Å². The van der Waals surface area contributed by atoms with Crippen molar-refractivity contribution >= 4 is 7.26 Å². The highest BCUT2D eigenvalue weighted by molar-refractivity contribution is 7.75. The van der Waals surface area contributed by atoms with Crippen molar-refractivity contribution in [1.29, 1.82) is 0 Å². The summed E-state index contributed by atoms with van der Waals surface area (Å²) in [6, 6.07) is 0. The zero-order chi connectivity index (χ0) is 28.7. The molecule has 0 bridgehead atoms. The van der Waals surface area contributed by atoms with E-state index in [0.29, 0.717) is 0 Å². The molecule has 0 amide bonds. The first-order chi connectivity index (χ1) is 19.1. The number of hydrogen-bond donors (Lipinski definition) is 0. The van der Waals surface area contributed by atoms with Crippen LogP contribution < -0.4 is 0 Å². The Balaban J connectivity index is 3.78. The Morgan fingerprint density at radius 1 is 0.333 bits per heavy atom. The van der Waals surface area contributed by atoms with Crippen molar-refractivity contribution in [2.75, 3.05) is 24.6 Å². The molecular weight excluding hydrogens is 487 g/mol. The third kappa shape index (κ3) is 28.3. The van der Waals surface area contributed by atoms with E-state index in [1.807, 2.05) is 0 Å². The second-order valence-electron chi connectivity index (χ2n) is 13.9. The summed E-state index contributed by atoms with van der Waals surface area (Å²) in [5, 5.41) is 0. The van der Waals surface area contributed by atoms with E-state index in [9.17, 15) is 0 Å². The smallest absolute Gasteiger partial charge is 0.0617 e. The van der Waals surface area contributed by atoms with Crippen molar-refractivity contribution in [3.8, 4) is 0 Å². The van der Waals surface area contributed by atoms with Crippen LogP contribution in [0.15, 0.2) is 0 Å². The van der Waals surface area contributed by atoms with Gasteiger partial charge in [-0.25, -0.2) is 0 Å². The minimum Gasteiger partial charge on any atom is -0.0654 e. The average Bonchev–Trinajstić information content (AvgIpc) is 2.93. The second-order valence-corrected chi connectivity index (χ2v) is 18.4. The van der Waals surface area contributed by atoms with E-state index in [-0.39, 0.29) is 0 Å². The molecule has 236 valence electrons. The van der Waals surface area contributed by atoms with E-state index in [4.69, 9.17) is 0 Å². The van der Waals surface area contributed by atoms with Gasteiger partial charge >= 0.3 is 0 Å². The maximum atomic E-state index is 2.55. The van der Waals surface area contributed by atoms with Gasteiger partial charge in [-0.05, 0) is 38.5 Å². The van der Waals surface area contributed by atoms with E-state index in [1.165, 1.54) is 186 Å². The lowest BCUT2D eigenvalue weighted by atomic mass is 10.0. The molecule has 0 fully saturated rings. The van der Waals surface area contributed by atoms with Crippen LogP contribution >= 0.6 is 7.26 Å². The minimum atomic E-state index is -0.702. The molecule has 1 heteroatoms. The van der Waals surface area contributed by atoms with Crippen LogP contribution in [0.5, 0.6) is 0 Å². The summed E-state index contributed by atoms with van der Waals surface area (Å²) in [4.78, 5) is 0. The SMILES string of the molecule is CCCCCCCCCCCCCCCC[P+](CC)(CCCCCCCCCCCCCCCC)CC(C)C. The monoisotopic (exact) mass is 568 g/mol. The highest BCUT2D eigenvalue weighted by Crippen LogP contribution is 2.61. The fourth-order valence-electron chi connectivity index (χ4n) is 6.80. The molecule has 0 N–H and O–H groups in total. The van der Waals surface area contributed by atoms with Crippen molar-refractivity contribution in [2.45, 2.75) is 214 Å². The maximum Gasteiger partial charge on any atom is 0.0617 e. The van der Waals surface area contributed by atoms with Gasteiger partial charge in [-0.1, -0.05) is 182 Å². The predicted octanol–water partition coefficient (Wildman–Crippen LogP) is 14.6. The van der Waals surface area contributed by atoms with E-state index in [2.05, 4.69) is 34.6 Å². The van der Waals surface area contributed by atoms with Crippen LogP contribution in [-0.2, 0) is 0 Å². The topological polar surface area (TPSA) is 0 Å². The first kappa shape index (κ1) is 39.4. The van der Waals surface area contributed by atoms with Gasteiger partial charge in [0, 0.05) is 7.26 Å². The first-order valence-corrected chi connectivity index (χ1v) is 21.5. The van der Waals surface area contributed by atoms with Crippen LogP contribution in [0, 0.1) is 5.92 Å². The molecule has 39 heavy (non-hydrogen) atoms. The molecule has 0 aromatic carbocycles. The quantitative estimate of drug-likeness (QED) is 0.0546. The molecule has 0 saturated heterocycles. The van der Waals surface area contributed by atoms with Crippen LogP contribution in [0.4, 0.5) is 0 Å². The summed E-state index contributed by atoms with van der Waals surface area (Å²) in [6.45, 7) is 12.1. The summed E-state index contributed by atoms with van der Waals surface area (Å²) >= 11 is 0. The summed E-state index contributed by atoms with van der Waals surface area (Å²) < 4.78 is 0. The van der Waals surface area contributed by atoms with Crippen molar-refractivity contribution in [3.05, 3.63) is 0 Å². The lowest BCUT2D eigenvalue weighted by Gasteiger charge is -2.28. The fourth-order valence-corrected chi connectivity index (χ4v) is 11.6. The van der Waals surface area contributed by atoms with Gasteiger partial charge in [-0.2, -0.15) is 0 Å². The van der Waals surface area contributed by atoms with E-state index in [0.717, 1.165) is 5.92 Å². The van der Waals surface area contributed by atoms with Gasteiger partial charge in [-0.15, -0.1) is 0 Å². The van der Waals surface area contributed by atoms with Gasteiger partial charge in [0.05, 0.1) is 24.6 Å². The molecule has 0 aromatic heterocycles. The number of hydrogen-bond acceptors (Lipinski definition) is 0. The zero-order valence-electron chi connectivity index (χ0n) is 28.7. The lowest BCUT2D eigenvalue weighted by Crippen LogP contribution is -2.14. The fraction of sp³-hybridized carbons (Fsp3) is 1.00. The first-order valence-electron chi connectivity index (χ1n) is 18.9. The minimum absolute atomic E-state index is 0.702. The summed E-state index contributed by atoms with van der Waals surface area (Å²) in [5.41, 5.74) is 0. The molecule has 0 unspecified atom stereocenters. The Labute approximate surface area is 251 Å². The van der Waals surface area contributed by atoms with Crippen LogP contribution in [0.1, 0.15) is 214 Å². The Kier molecular flexibility index (Phi) is 31.7. The third-order valence-corrected chi connectivity index (χ3v) is 14.8. The van der Waals surface area contributed by atoms with Crippen molar-refractivity contribution in [2.24, 2.45) is 5.92 Å². The number of unbranched alkanes of at least 4 members (excludes halogenated alkanes) is 26. The van der Waals surface area contributed by atoms with Crippen LogP contribution in [0.2, 0.25) is 0 Å². The van der Waals surface area contributed by atoms with Gasteiger partial charge < -0.3 is 0 Å². The molecule has 0 rings (SSSR count). The second kappa shape index (κ2) is 31.4. The van der Waals surface area contributed by atoms with Crippen LogP contribution in [0.3, 0.4) is 0 Å². The van der Waals surface area contributed by atoms with Gasteiger partial charge in [0.2, 0.25) is 0 Å². The maximum absolute atomic E-state index is 2.55. The van der Waals surface area contributed by atoms with E-state index >= 15 is 0 Å². The molecule has 0 saturated carbocycles. The normalized spacial score (nSPS) is 12.2. The predicted molar refractivity (Wildman–Crippen MR) is 188 cm³/mol. The molecule has 0 aromatic rings. The molecule has 0 spiro atoms. The van der Waals surface area contributed by atoms with Crippen LogP contribution in [-0.4, -0.2) is 24.6 Å². The lowest BCUT2D eigenvalue weighted by molar-refractivity contribution is 0.537. The highest BCUT2D eigenvalue weighted by atomic mass is 31.2. The van der Waals surface area contributed by atoms with Crippen molar-refractivity contribution in [1.82, 2.24) is 0 Å². The standard InChI is InChI=1S/C38H80P/c1-6-9-11-13-15-17-19-21-23-25-27-29-31-33-35-39(8-3,37-38(4)5)36-34-32-30-28-26-24-22-20-18-16-14-12-10-7-2/h38H,6-37H2,1-5H3/q+1. The molecule has 0 aliphatic heterocycles. The Morgan fingerprint density at radius 2 is 0.564 bits per heavy atom. The third-order valence-electron chi connectivity index (χ3n) is 9.40. The average molecular weight is 568 g/mol. The summed E-state index contributed by atoms with van der Waals surface area (Å²) in [5.74, 6) is 0.900. The highest BCUT2D eigenvalue weighted by Gasteiger charge is 2.34. The molecular formula is C38H80P+. The largest absolute Gasteiger partial charge is 0.0654 e. The Morgan fingerprint density at radius 3 is 0.769 bits per heavy atom. The number of rotatable bonds is 33. The van der Waals surface area contributed by atoms with Gasteiger partial charge in [0.15, 0.2) is 0 Å². The van der Waals surface area contributed by atoms with Crippen molar-refractivity contribution in [3.63, 3.8) is 0 Å². The summed E-state index contributed by atoms with van der Waals surface area (Å²) in [6.07, 6.45) is 47.8. The van der Waals surface area contributed by atoms with Gasteiger partial charge in [0.1, 0.15) is 0 Å². The Hall–Kier alpha value is 0.430.